The zero-order chi connectivity index (χ0) is 39.4. The Hall–Kier alpha value is -3.24. The van der Waals surface area contributed by atoms with E-state index in [0.29, 0.717) is 40.9 Å². The largest absolute Gasteiger partial charge is 0.512 e. The number of aliphatic hydroxyl groups excluding tert-OH is 2. The summed E-state index contributed by atoms with van der Waals surface area (Å²) >= 11 is 0. The lowest BCUT2D eigenvalue weighted by Crippen LogP contribution is -2.33. The highest BCUT2D eigenvalue weighted by molar-refractivity contribution is 5.54. The number of hydrogen-bond donors (Lipinski definition) is 4. The van der Waals surface area contributed by atoms with Crippen LogP contribution in [-0.2, 0) is 0 Å². The molecule has 0 amide bonds. The first kappa shape index (κ1) is 40.9. The highest BCUT2D eigenvalue weighted by Gasteiger charge is 2.42. The van der Waals surface area contributed by atoms with Crippen molar-refractivity contribution in [1.82, 2.24) is 0 Å². The van der Waals surface area contributed by atoms with Crippen LogP contribution in [0, 0.1) is 83.0 Å². The van der Waals surface area contributed by atoms with E-state index in [1.807, 2.05) is 20.8 Å². The third kappa shape index (κ3) is 7.43. The van der Waals surface area contributed by atoms with Crippen LogP contribution in [0.2, 0.25) is 0 Å². The molecule has 0 aliphatic heterocycles. The van der Waals surface area contributed by atoms with Crippen LogP contribution >= 0.6 is 0 Å². The fourth-order valence-electron chi connectivity index (χ4n) is 10.6. The molecule has 0 aromatic heterocycles. The molecule has 0 saturated carbocycles. The number of allylic oxidation sites excluding steroid dienone is 6. The van der Waals surface area contributed by atoms with E-state index in [1.54, 1.807) is 0 Å². The van der Waals surface area contributed by atoms with Gasteiger partial charge in [-0.15, -0.1) is 0 Å². The Bertz CT molecular complexity index is 1850. The van der Waals surface area contributed by atoms with Crippen molar-refractivity contribution < 1.29 is 20.4 Å². The maximum Gasteiger partial charge on any atom is 0.121 e. The van der Waals surface area contributed by atoms with Gasteiger partial charge in [-0.3, -0.25) is 0 Å². The Morgan fingerprint density at radius 3 is 1.89 bits per heavy atom. The molecule has 0 fully saturated rings. The van der Waals surface area contributed by atoms with Crippen molar-refractivity contribution in [2.24, 2.45) is 41.4 Å². The first-order valence-corrected chi connectivity index (χ1v) is 20.6. The third-order valence-corrected chi connectivity index (χ3v) is 15.0. The van der Waals surface area contributed by atoms with Gasteiger partial charge in [0.05, 0.1) is 11.9 Å². The molecule has 0 bridgehead atoms. The quantitative estimate of drug-likeness (QED) is 0.194. The maximum absolute atomic E-state index is 11.1. The number of phenolic OH excluding ortho intramolecular Hbond substituents is 2. The van der Waals surface area contributed by atoms with Crippen LogP contribution in [-0.4, -0.2) is 26.5 Å². The van der Waals surface area contributed by atoms with Crippen molar-refractivity contribution in [3.63, 3.8) is 0 Å². The molecule has 3 aliphatic rings. The van der Waals surface area contributed by atoms with Crippen LogP contribution in [0.3, 0.4) is 0 Å². The van der Waals surface area contributed by atoms with Gasteiger partial charge in [-0.25, -0.2) is 0 Å². The standard InChI is InChI=1S/C49H70O4/c1-15-37(44(40-18-25(3)46(50)33(11)29(40)7)41-19-26(4)47(51)34(12)30(41)8)22-39-23-38(17-16-24(39)2)45(42-20-27(5)48(52)35(13)31(42)9)43-21-28(6)49(53)36(14)32(43)10/h17-20,24,28,32-33,37,39,43-46,50-53H,15-16,21-23H2,1-14H3. The third-order valence-electron chi connectivity index (χ3n) is 15.0. The summed E-state index contributed by atoms with van der Waals surface area (Å²) in [4.78, 5) is 0. The monoisotopic (exact) mass is 723 g/mol. The Morgan fingerprint density at radius 2 is 1.30 bits per heavy atom. The van der Waals surface area contributed by atoms with Gasteiger partial charge in [0.2, 0.25) is 0 Å². The summed E-state index contributed by atoms with van der Waals surface area (Å²) in [6.07, 6.45) is 9.52. The lowest BCUT2D eigenvalue weighted by atomic mass is 9.61. The summed E-state index contributed by atoms with van der Waals surface area (Å²) in [5.41, 5.74) is 15.1. The number of phenols is 2. The maximum atomic E-state index is 11.1. The van der Waals surface area contributed by atoms with Gasteiger partial charge < -0.3 is 20.4 Å². The molecule has 290 valence electrons. The van der Waals surface area contributed by atoms with Gasteiger partial charge in [0.1, 0.15) is 11.5 Å². The average Bonchev–Trinajstić information content (AvgIpc) is 3.13. The highest BCUT2D eigenvalue weighted by Crippen LogP contribution is 2.54. The van der Waals surface area contributed by atoms with Crippen LogP contribution in [0.15, 0.2) is 57.9 Å². The SMILES string of the molecule is CCC(CC1CC(C(c2cc(C)c(O)c(C)c2C)C2CC(C)C(O)=C(C)C2C)=CCC1C)C(C1=C(C)C(C)C(O)C(C)=C1)c1cc(C)c(O)c(C)c1C. The lowest BCUT2D eigenvalue weighted by Gasteiger charge is -2.44. The van der Waals surface area contributed by atoms with Crippen LogP contribution in [0.5, 0.6) is 11.5 Å². The highest BCUT2D eigenvalue weighted by atomic mass is 16.3. The van der Waals surface area contributed by atoms with Crippen LogP contribution < -0.4 is 0 Å². The van der Waals surface area contributed by atoms with Gasteiger partial charge in [0.25, 0.3) is 0 Å². The summed E-state index contributed by atoms with van der Waals surface area (Å²) in [7, 11) is 0. The summed E-state index contributed by atoms with van der Waals surface area (Å²) in [6.45, 7) is 30.4. The average molecular weight is 723 g/mol. The van der Waals surface area contributed by atoms with Gasteiger partial charge >= 0.3 is 0 Å². The number of benzene rings is 2. The molecule has 0 spiro atoms. The van der Waals surface area contributed by atoms with Crippen LogP contribution in [0.1, 0.15) is 144 Å². The molecule has 4 N–H and O–H groups in total. The first-order chi connectivity index (χ1) is 24.8. The van der Waals surface area contributed by atoms with Crippen LogP contribution in [0.25, 0.3) is 0 Å². The molecule has 0 heterocycles. The molecule has 0 radical (unpaired) electrons. The van der Waals surface area contributed by atoms with E-state index >= 15 is 0 Å². The predicted octanol–water partition coefficient (Wildman–Crippen LogP) is 12.6. The zero-order valence-electron chi connectivity index (χ0n) is 35.4. The fraction of sp³-hybridized carbons (Fsp3) is 0.592. The second kappa shape index (κ2) is 15.9. The molecule has 4 nitrogen and oxygen atoms in total. The lowest BCUT2D eigenvalue weighted by molar-refractivity contribution is 0.163. The zero-order valence-corrected chi connectivity index (χ0v) is 35.4. The van der Waals surface area contributed by atoms with Crippen molar-refractivity contribution >= 4 is 0 Å². The molecule has 3 aliphatic carbocycles. The van der Waals surface area contributed by atoms with E-state index in [4.69, 9.17) is 0 Å². The number of hydrogen-bond acceptors (Lipinski definition) is 4. The second-order valence-electron chi connectivity index (χ2n) is 18.0. The van der Waals surface area contributed by atoms with Gasteiger partial charge in [-0.05, 0) is 179 Å². The Balaban J connectivity index is 1.61. The first-order valence-electron chi connectivity index (χ1n) is 20.6. The van der Waals surface area contributed by atoms with Gasteiger partial charge in [0.15, 0.2) is 0 Å². The Kier molecular flexibility index (Phi) is 12.2. The van der Waals surface area contributed by atoms with Crippen molar-refractivity contribution in [1.29, 1.82) is 0 Å². The second-order valence-corrected chi connectivity index (χ2v) is 18.0. The van der Waals surface area contributed by atoms with E-state index in [-0.39, 0.29) is 29.6 Å². The minimum atomic E-state index is -0.465. The molecule has 4 heteroatoms. The molecular weight excluding hydrogens is 653 g/mol. The number of rotatable bonds is 9. The molecular formula is C49H70O4. The Morgan fingerprint density at radius 1 is 0.736 bits per heavy atom. The molecule has 0 saturated heterocycles. The molecule has 5 rings (SSSR count). The number of aliphatic hydroxyl groups is 2. The van der Waals surface area contributed by atoms with Crippen molar-refractivity contribution in [3.05, 3.63) is 102 Å². The minimum Gasteiger partial charge on any atom is -0.512 e. The fourth-order valence-corrected chi connectivity index (χ4v) is 10.6. The predicted molar refractivity (Wildman–Crippen MR) is 222 cm³/mol. The minimum absolute atomic E-state index is 0.0517. The number of aryl methyl sites for hydroxylation is 2. The van der Waals surface area contributed by atoms with Crippen molar-refractivity contribution in [3.8, 4) is 11.5 Å². The topological polar surface area (TPSA) is 80.9 Å². The normalized spacial score (nSPS) is 28.5. The smallest absolute Gasteiger partial charge is 0.121 e. The summed E-state index contributed by atoms with van der Waals surface area (Å²) in [5.74, 6) is 3.88. The van der Waals surface area contributed by atoms with Gasteiger partial charge in [0, 0.05) is 23.7 Å². The summed E-state index contributed by atoms with van der Waals surface area (Å²) < 4.78 is 0. The molecule has 10 atom stereocenters. The van der Waals surface area contributed by atoms with Crippen molar-refractivity contribution in [2.75, 3.05) is 0 Å². The molecule has 2 aromatic carbocycles. The summed E-state index contributed by atoms with van der Waals surface area (Å²) in [6, 6.07) is 4.50. The molecule has 53 heavy (non-hydrogen) atoms. The number of aromatic hydroxyl groups is 2. The van der Waals surface area contributed by atoms with Gasteiger partial charge in [-0.2, -0.15) is 0 Å². The van der Waals surface area contributed by atoms with Gasteiger partial charge in [-0.1, -0.05) is 76.5 Å². The van der Waals surface area contributed by atoms with Crippen molar-refractivity contribution in [2.45, 2.75) is 147 Å². The van der Waals surface area contributed by atoms with E-state index in [2.05, 4.69) is 100 Å². The molecule has 2 aromatic rings. The van der Waals surface area contributed by atoms with Crippen LogP contribution in [0.4, 0.5) is 0 Å². The molecule has 10 unspecified atom stereocenters. The van der Waals surface area contributed by atoms with E-state index in [1.165, 1.54) is 39.0 Å². The van der Waals surface area contributed by atoms with E-state index in [0.717, 1.165) is 65.5 Å². The van der Waals surface area contributed by atoms with E-state index < -0.39 is 6.10 Å². The summed E-state index contributed by atoms with van der Waals surface area (Å²) in [5, 5.41) is 44.1. The van der Waals surface area contributed by atoms with E-state index in [9.17, 15) is 20.4 Å². The Labute approximate surface area is 321 Å².